The number of rotatable bonds is 10. The minimum Gasteiger partial charge on any atom is -0.356 e. The molecule has 0 bridgehead atoms. The summed E-state index contributed by atoms with van der Waals surface area (Å²) in [5, 5.41) is 0. The van der Waals surface area contributed by atoms with E-state index in [2.05, 4.69) is 43.0 Å². The van der Waals surface area contributed by atoms with Crippen molar-refractivity contribution in [2.45, 2.75) is 78.3 Å². The highest BCUT2D eigenvalue weighted by Crippen LogP contribution is 2.21. The first-order valence-electron chi connectivity index (χ1n) is 8.03. The highest BCUT2D eigenvalue weighted by molar-refractivity contribution is 4.96. The van der Waals surface area contributed by atoms with Gasteiger partial charge in [0.2, 0.25) is 0 Å². The number of hydrogen-bond acceptors (Lipinski definition) is 2. The van der Waals surface area contributed by atoms with Crippen LogP contribution in [0.15, 0.2) is 12.4 Å². The van der Waals surface area contributed by atoms with Crippen molar-refractivity contribution in [1.29, 1.82) is 0 Å². The van der Waals surface area contributed by atoms with Gasteiger partial charge in [-0.25, -0.2) is 0 Å². The van der Waals surface area contributed by atoms with Gasteiger partial charge in [0.25, 0.3) is 0 Å². The van der Waals surface area contributed by atoms with Crippen molar-refractivity contribution in [3.8, 4) is 0 Å². The van der Waals surface area contributed by atoms with Gasteiger partial charge in [-0.15, -0.1) is 0 Å². The monoisotopic (exact) mass is 252 g/mol. The third-order valence-corrected chi connectivity index (χ3v) is 3.76. The standard InChI is InChI=1S/C16H32N2/c1-4-7-8-9-10-13-18-15-14-17(12-6-3)16(18)11-5-2/h14-16H,4-13H2,1-3H3. The van der Waals surface area contributed by atoms with E-state index in [1.165, 1.54) is 64.5 Å². The summed E-state index contributed by atoms with van der Waals surface area (Å²) < 4.78 is 0. The molecule has 0 aromatic rings. The number of unbranched alkanes of at least 4 members (excludes halogenated alkanes) is 4. The van der Waals surface area contributed by atoms with Crippen LogP contribution in [0.1, 0.15) is 72.1 Å². The van der Waals surface area contributed by atoms with E-state index in [4.69, 9.17) is 0 Å². The summed E-state index contributed by atoms with van der Waals surface area (Å²) in [6.45, 7) is 9.29. The lowest BCUT2D eigenvalue weighted by atomic mass is 10.1. The Morgan fingerprint density at radius 2 is 1.39 bits per heavy atom. The van der Waals surface area contributed by atoms with Crippen LogP contribution in [-0.2, 0) is 0 Å². The normalized spacial score (nSPS) is 18.9. The molecule has 18 heavy (non-hydrogen) atoms. The summed E-state index contributed by atoms with van der Waals surface area (Å²) in [6.07, 6.45) is 16.0. The number of nitrogens with zero attached hydrogens (tertiary/aromatic N) is 2. The van der Waals surface area contributed by atoms with E-state index in [0.29, 0.717) is 6.17 Å². The van der Waals surface area contributed by atoms with Gasteiger partial charge < -0.3 is 9.80 Å². The molecule has 1 unspecified atom stereocenters. The van der Waals surface area contributed by atoms with Crippen molar-refractivity contribution in [2.75, 3.05) is 13.1 Å². The van der Waals surface area contributed by atoms with Crippen LogP contribution in [0.2, 0.25) is 0 Å². The zero-order chi connectivity index (χ0) is 13.2. The fourth-order valence-electron chi connectivity index (χ4n) is 2.75. The van der Waals surface area contributed by atoms with Gasteiger partial charge in [-0.3, -0.25) is 0 Å². The lowest BCUT2D eigenvalue weighted by molar-refractivity contribution is 0.140. The van der Waals surface area contributed by atoms with Crippen LogP contribution in [0.5, 0.6) is 0 Å². The third-order valence-electron chi connectivity index (χ3n) is 3.76. The molecular weight excluding hydrogens is 220 g/mol. The van der Waals surface area contributed by atoms with Crippen molar-refractivity contribution in [3.63, 3.8) is 0 Å². The zero-order valence-corrected chi connectivity index (χ0v) is 12.7. The van der Waals surface area contributed by atoms with Crippen molar-refractivity contribution < 1.29 is 0 Å². The summed E-state index contributed by atoms with van der Waals surface area (Å²) >= 11 is 0. The van der Waals surface area contributed by atoms with Crippen molar-refractivity contribution >= 4 is 0 Å². The summed E-state index contributed by atoms with van der Waals surface area (Å²) in [4.78, 5) is 5.08. The van der Waals surface area contributed by atoms with Crippen molar-refractivity contribution in [1.82, 2.24) is 9.80 Å². The Bertz CT molecular complexity index is 225. The average molecular weight is 252 g/mol. The first-order chi connectivity index (χ1) is 8.83. The first-order valence-corrected chi connectivity index (χ1v) is 8.03. The molecule has 0 spiro atoms. The van der Waals surface area contributed by atoms with E-state index < -0.39 is 0 Å². The Kier molecular flexibility index (Phi) is 7.95. The largest absolute Gasteiger partial charge is 0.356 e. The molecule has 0 aromatic carbocycles. The predicted molar refractivity (Wildman–Crippen MR) is 80.3 cm³/mol. The van der Waals surface area contributed by atoms with Crippen LogP contribution < -0.4 is 0 Å². The van der Waals surface area contributed by atoms with Crippen LogP contribution in [0.3, 0.4) is 0 Å². The molecular formula is C16H32N2. The average Bonchev–Trinajstić information content (AvgIpc) is 2.73. The highest BCUT2D eigenvalue weighted by atomic mass is 15.4. The lowest BCUT2D eigenvalue weighted by Gasteiger charge is -2.32. The van der Waals surface area contributed by atoms with Crippen LogP contribution in [0, 0.1) is 0 Å². The SMILES string of the molecule is CCCCCCCN1C=CN(CCC)C1CCC. The predicted octanol–water partition coefficient (Wildman–Crippen LogP) is 4.58. The van der Waals surface area contributed by atoms with E-state index >= 15 is 0 Å². The molecule has 2 heteroatoms. The molecule has 0 saturated heterocycles. The van der Waals surface area contributed by atoms with E-state index in [9.17, 15) is 0 Å². The Morgan fingerprint density at radius 1 is 0.722 bits per heavy atom. The van der Waals surface area contributed by atoms with Crippen LogP contribution >= 0.6 is 0 Å². The summed E-state index contributed by atoms with van der Waals surface area (Å²) in [5.41, 5.74) is 0. The van der Waals surface area contributed by atoms with Gasteiger partial charge in [-0.2, -0.15) is 0 Å². The van der Waals surface area contributed by atoms with Gasteiger partial charge in [-0.05, 0) is 19.3 Å². The Balaban J connectivity index is 2.28. The molecule has 0 aromatic heterocycles. The molecule has 2 nitrogen and oxygen atoms in total. The second-order valence-corrected chi connectivity index (χ2v) is 5.46. The zero-order valence-electron chi connectivity index (χ0n) is 12.7. The summed E-state index contributed by atoms with van der Waals surface area (Å²) in [7, 11) is 0. The van der Waals surface area contributed by atoms with Gasteiger partial charge in [0, 0.05) is 25.5 Å². The molecule has 1 heterocycles. The van der Waals surface area contributed by atoms with Crippen LogP contribution in [-0.4, -0.2) is 29.1 Å². The topological polar surface area (TPSA) is 6.48 Å². The van der Waals surface area contributed by atoms with E-state index in [-0.39, 0.29) is 0 Å². The molecule has 0 radical (unpaired) electrons. The molecule has 0 amide bonds. The van der Waals surface area contributed by atoms with Gasteiger partial charge in [0.05, 0.1) is 0 Å². The quantitative estimate of drug-likeness (QED) is 0.525. The van der Waals surface area contributed by atoms with Gasteiger partial charge in [0.1, 0.15) is 6.17 Å². The Hall–Kier alpha value is -0.660. The molecule has 0 fully saturated rings. The molecule has 1 atom stereocenters. The summed E-state index contributed by atoms with van der Waals surface area (Å²) in [5.74, 6) is 0. The number of hydrogen-bond donors (Lipinski definition) is 0. The van der Waals surface area contributed by atoms with Crippen LogP contribution in [0.4, 0.5) is 0 Å². The maximum Gasteiger partial charge on any atom is 0.101 e. The minimum atomic E-state index is 0.640. The molecule has 0 saturated carbocycles. The minimum absolute atomic E-state index is 0.640. The Morgan fingerprint density at radius 3 is 2.00 bits per heavy atom. The second kappa shape index (κ2) is 9.29. The molecule has 0 N–H and O–H groups in total. The van der Waals surface area contributed by atoms with Gasteiger partial charge in [-0.1, -0.05) is 52.9 Å². The molecule has 1 aliphatic rings. The van der Waals surface area contributed by atoms with E-state index in [1.807, 2.05) is 0 Å². The third kappa shape index (κ3) is 4.91. The smallest absolute Gasteiger partial charge is 0.101 e. The maximum atomic E-state index is 2.56. The van der Waals surface area contributed by atoms with Crippen LogP contribution in [0.25, 0.3) is 0 Å². The molecule has 0 aliphatic carbocycles. The molecule has 106 valence electrons. The Labute approximate surface area is 114 Å². The first kappa shape index (κ1) is 15.4. The van der Waals surface area contributed by atoms with E-state index in [1.54, 1.807) is 0 Å². The second-order valence-electron chi connectivity index (χ2n) is 5.46. The lowest BCUT2D eigenvalue weighted by Crippen LogP contribution is -2.39. The summed E-state index contributed by atoms with van der Waals surface area (Å²) in [6, 6.07) is 0. The van der Waals surface area contributed by atoms with Crippen molar-refractivity contribution in [2.24, 2.45) is 0 Å². The van der Waals surface area contributed by atoms with E-state index in [0.717, 1.165) is 0 Å². The fraction of sp³-hybridized carbons (Fsp3) is 0.875. The fourth-order valence-corrected chi connectivity index (χ4v) is 2.75. The maximum absolute atomic E-state index is 2.56. The highest BCUT2D eigenvalue weighted by Gasteiger charge is 2.23. The molecule has 1 aliphatic heterocycles. The van der Waals surface area contributed by atoms with Gasteiger partial charge in [0.15, 0.2) is 0 Å². The van der Waals surface area contributed by atoms with Crippen molar-refractivity contribution in [3.05, 3.63) is 12.4 Å². The van der Waals surface area contributed by atoms with Gasteiger partial charge >= 0.3 is 0 Å². The molecule has 1 rings (SSSR count).